The largest absolute Gasteiger partial charge is 0.260 e. The van der Waals surface area contributed by atoms with Crippen molar-refractivity contribution < 1.29 is 0 Å². The van der Waals surface area contributed by atoms with Gasteiger partial charge in [0.25, 0.3) is 0 Å². The minimum atomic E-state index is -0.485. The Labute approximate surface area is 159 Å². The van der Waals surface area contributed by atoms with Crippen molar-refractivity contribution in [1.82, 2.24) is 4.98 Å². The fourth-order valence-corrected chi connectivity index (χ4v) is 8.38. The smallest absolute Gasteiger partial charge is 0.0545 e. The molecule has 0 fully saturated rings. The van der Waals surface area contributed by atoms with Crippen LogP contribution in [0.25, 0.3) is 5.31 Å². The number of benzene rings is 1. The van der Waals surface area contributed by atoms with Crippen molar-refractivity contribution in [3.8, 4) is 0 Å². The number of nitrogens with zero attached hydrogens (tertiary/aromatic N) is 1. The summed E-state index contributed by atoms with van der Waals surface area (Å²) in [6.07, 6.45) is 8.10. The lowest BCUT2D eigenvalue weighted by Crippen LogP contribution is -2.08. The lowest BCUT2D eigenvalue weighted by Gasteiger charge is -2.24. The summed E-state index contributed by atoms with van der Waals surface area (Å²) in [4.78, 5) is 6.24. The summed E-state index contributed by atoms with van der Waals surface area (Å²) < 4.78 is 0. The molecule has 128 valence electrons. The number of hydrogen-bond donors (Lipinski definition) is 0. The highest BCUT2D eigenvalue weighted by Gasteiger charge is 2.42. The summed E-state index contributed by atoms with van der Waals surface area (Å²) in [6, 6.07) is 22.0. The SMILES string of the molecule is C1=C2C(=C(c3cccs3)P(c3ccccc3)C2c2ccccn2)CCC1. The van der Waals surface area contributed by atoms with Crippen LogP contribution in [0.3, 0.4) is 0 Å². The summed E-state index contributed by atoms with van der Waals surface area (Å²) >= 11 is 1.88. The molecule has 1 nitrogen and oxygen atoms in total. The van der Waals surface area contributed by atoms with Crippen LogP contribution >= 0.6 is 19.3 Å². The van der Waals surface area contributed by atoms with Gasteiger partial charge in [-0.05, 0) is 67.2 Å². The lowest BCUT2D eigenvalue weighted by atomic mass is 9.90. The molecule has 1 aliphatic heterocycles. The highest BCUT2D eigenvalue weighted by molar-refractivity contribution is 7.77. The van der Waals surface area contributed by atoms with Crippen LogP contribution in [0.5, 0.6) is 0 Å². The molecule has 0 radical (unpaired) electrons. The van der Waals surface area contributed by atoms with Gasteiger partial charge in [-0.15, -0.1) is 11.3 Å². The van der Waals surface area contributed by atoms with Crippen LogP contribution in [0.4, 0.5) is 0 Å². The minimum absolute atomic E-state index is 0.390. The molecular formula is C23H20NPS. The van der Waals surface area contributed by atoms with E-state index in [0.29, 0.717) is 5.66 Å². The van der Waals surface area contributed by atoms with E-state index in [2.05, 4.69) is 66.1 Å². The summed E-state index contributed by atoms with van der Waals surface area (Å²) in [7, 11) is -0.485. The van der Waals surface area contributed by atoms with Crippen molar-refractivity contribution in [3.63, 3.8) is 0 Å². The molecule has 5 rings (SSSR count). The second-order valence-electron chi connectivity index (χ2n) is 6.72. The molecule has 0 amide bonds. The predicted molar refractivity (Wildman–Crippen MR) is 113 cm³/mol. The van der Waals surface area contributed by atoms with Gasteiger partial charge in [0.1, 0.15) is 0 Å². The minimum Gasteiger partial charge on any atom is -0.260 e. The van der Waals surface area contributed by atoms with E-state index >= 15 is 0 Å². The van der Waals surface area contributed by atoms with Gasteiger partial charge in [0, 0.05) is 16.4 Å². The van der Waals surface area contributed by atoms with Gasteiger partial charge in [-0.25, -0.2) is 0 Å². The second kappa shape index (κ2) is 6.95. The molecule has 1 aromatic carbocycles. The van der Waals surface area contributed by atoms with E-state index in [4.69, 9.17) is 4.98 Å². The van der Waals surface area contributed by atoms with Gasteiger partial charge >= 0.3 is 0 Å². The Bertz CT molecular complexity index is 958. The lowest BCUT2D eigenvalue weighted by molar-refractivity contribution is 0.791. The molecule has 2 unspecified atom stereocenters. The molecular weight excluding hydrogens is 353 g/mol. The van der Waals surface area contributed by atoms with Crippen LogP contribution in [0.2, 0.25) is 0 Å². The van der Waals surface area contributed by atoms with Crippen molar-refractivity contribution in [2.24, 2.45) is 0 Å². The van der Waals surface area contributed by atoms with Gasteiger partial charge < -0.3 is 0 Å². The third-order valence-corrected chi connectivity index (χ3v) is 9.12. The second-order valence-corrected chi connectivity index (χ2v) is 9.89. The highest BCUT2D eigenvalue weighted by atomic mass is 32.1. The molecule has 2 atom stereocenters. The molecule has 1 aliphatic carbocycles. The maximum absolute atomic E-state index is 4.80. The van der Waals surface area contributed by atoms with Gasteiger partial charge in [0.15, 0.2) is 0 Å². The Balaban J connectivity index is 1.76. The number of fused-ring (bicyclic) bond motifs is 1. The van der Waals surface area contributed by atoms with Crippen LogP contribution in [0, 0.1) is 0 Å². The monoisotopic (exact) mass is 373 g/mol. The molecule has 0 N–H and O–H groups in total. The average molecular weight is 373 g/mol. The zero-order chi connectivity index (χ0) is 17.3. The third kappa shape index (κ3) is 2.69. The summed E-state index contributed by atoms with van der Waals surface area (Å²) in [5.74, 6) is 0. The molecule has 0 bridgehead atoms. The quantitative estimate of drug-likeness (QED) is 0.476. The maximum Gasteiger partial charge on any atom is 0.0545 e. The van der Waals surface area contributed by atoms with Crippen LogP contribution in [0.15, 0.2) is 89.5 Å². The first-order valence-corrected chi connectivity index (χ1v) is 11.5. The van der Waals surface area contributed by atoms with Crippen molar-refractivity contribution in [1.29, 1.82) is 0 Å². The van der Waals surface area contributed by atoms with E-state index in [1.54, 1.807) is 16.5 Å². The zero-order valence-electron chi connectivity index (χ0n) is 14.5. The molecule has 3 aromatic rings. The number of allylic oxidation sites excluding steroid dienone is 3. The Hall–Kier alpha value is -2.02. The van der Waals surface area contributed by atoms with Crippen molar-refractivity contribution >= 4 is 29.9 Å². The Kier molecular flexibility index (Phi) is 4.32. The van der Waals surface area contributed by atoms with Crippen LogP contribution < -0.4 is 5.30 Å². The van der Waals surface area contributed by atoms with E-state index in [1.165, 1.54) is 35.1 Å². The predicted octanol–water partition coefficient (Wildman–Crippen LogP) is 6.53. The third-order valence-electron chi connectivity index (χ3n) is 5.18. The first-order chi connectivity index (χ1) is 12.9. The summed E-state index contributed by atoms with van der Waals surface area (Å²) in [5.41, 5.74) is 4.76. The zero-order valence-corrected chi connectivity index (χ0v) is 16.2. The van der Waals surface area contributed by atoms with Crippen LogP contribution in [0.1, 0.15) is 35.5 Å². The topological polar surface area (TPSA) is 12.9 Å². The fourth-order valence-electron chi connectivity index (χ4n) is 4.13. The molecule has 3 heterocycles. The number of hydrogen-bond acceptors (Lipinski definition) is 2. The van der Waals surface area contributed by atoms with Crippen molar-refractivity contribution in [3.05, 3.63) is 100 Å². The highest BCUT2D eigenvalue weighted by Crippen LogP contribution is 2.71. The Morgan fingerprint density at radius 2 is 1.85 bits per heavy atom. The molecule has 26 heavy (non-hydrogen) atoms. The van der Waals surface area contributed by atoms with Gasteiger partial charge in [-0.2, -0.15) is 0 Å². The van der Waals surface area contributed by atoms with Gasteiger partial charge in [-0.3, -0.25) is 4.98 Å². The van der Waals surface area contributed by atoms with E-state index in [9.17, 15) is 0 Å². The summed E-state index contributed by atoms with van der Waals surface area (Å²) in [5, 5.41) is 5.27. The molecule has 0 spiro atoms. The van der Waals surface area contributed by atoms with Gasteiger partial charge in [0.2, 0.25) is 0 Å². The van der Waals surface area contributed by atoms with E-state index in [0.717, 1.165) is 0 Å². The van der Waals surface area contributed by atoms with E-state index in [-0.39, 0.29) is 0 Å². The summed E-state index contributed by atoms with van der Waals surface area (Å²) in [6.45, 7) is 0. The average Bonchev–Trinajstić information content (AvgIpc) is 3.35. The number of thiophene rings is 1. The standard InChI is InChI=1S/C23H20NPS/c1-2-9-17(10-3-1)25-22(20-13-6-7-15-24-20)18-11-4-5-12-19(18)23(25)21-14-8-16-26-21/h1-3,6-11,13-16,22H,4-5,12H2. The molecule has 2 aromatic heterocycles. The normalized spacial score (nSPS) is 22.2. The molecule has 0 saturated heterocycles. The molecule has 2 aliphatic rings. The van der Waals surface area contributed by atoms with Gasteiger partial charge in [-0.1, -0.05) is 48.5 Å². The van der Waals surface area contributed by atoms with Crippen molar-refractivity contribution in [2.75, 3.05) is 0 Å². The van der Waals surface area contributed by atoms with E-state index in [1.807, 2.05) is 23.6 Å². The van der Waals surface area contributed by atoms with Crippen LogP contribution in [-0.4, -0.2) is 4.98 Å². The first-order valence-electron chi connectivity index (χ1n) is 9.16. The Morgan fingerprint density at radius 1 is 0.962 bits per heavy atom. The Morgan fingerprint density at radius 3 is 2.62 bits per heavy atom. The molecule has 0 saturated carbocycles. The maximum atomic E-state index is 4.80. The number of aromatic nitrogens is 1. The number of pyridine rings is 1. The molecule has 3 heteroatoms. The van der Waals surface area contributed by atoms with Gasteiger partial charge in [0.05, 0.1) is 11.4 Å². The van der Waals surface area contributed by atoms with E-state index < -0.39 is 7.92 Å². The fraction of sp³-hybridized carbons (Fsp3) is 0.174. The first kappa shape index (κ1) is 16.2. The number of rotatable bonds is 3. The van der Waals surface area contributed by atoms with Crippen LogP contribution in [-0.2, 0) is 0 Å². The van der Waals surface area contributed by atoms with Crippen molar-refractivity contribution in [2.45, 2.75) is 24.9 Å².